The summed E-state index contributed by atoms with van der Waals surface area (Å²) in [6, 6.07) is 1.17. The van der Waals surface area contributed by atoms with Crippen molar-refractivity contribution in [3.63, 3.8) is 0 Å². The van der Waals surface area contributed by atoms with Gasteiger partial charge in [0.1, 0.15) is 6.61 Å². The normalized spacial score (nSPS) is 15.5. The zero-order chi connectivity index (χ0) is 24.6. The molecule has 0 rings (SSSR count). The molecule has 30 heavy (non-hydrogen) atoms. The minimum absolute atomic E-state index is 0.832. The summed E-state index contributed by atoms with van der Waals surface area (Å²) < 4.78 is 211. The van der Waals surface area contributed by atoms with E-state index in [4.69, 9.17) is 5.26 Å². The fourth-order valence-electron chi connectivity index (χ4n) is 1.58. The number of hydrogen-bond acceptors (Lipinski definition) is 2. The van der Waals surface area contributed by atoms with E-state index >= 15 is 0 Å². The number of rotatable bonds is 11. The van der Waals surface area contributed by atoms with Crippen LogP contribution in [0.2, 0.25) is 0 Å². The molecule has 0 aliphatic rings. The quantitative estimate of drug-likeness (QED) is 0.281. The molecule has 0 heterocycles. The summed E-state index contributed by atoms with van der Waals surface area (Å²) in [6.45, 7) is -4.11. The number of hydrogen-bond donors (Lipinski definition) is 0. The van der Waals surface area contributed by atoms with Crippen LogP contribution in [-0.2, 0) is 4.74 Å². The van der Waals surface area contributed by atoms with Gasteiger partial charge in [-0.3, -0.25) is 0 Å². The smallest absolute Gasteiger partial charge is 0.374 e. The zero-order valence-electron chi connectivity index (χ0n) is 13.6. The van der Waals surface area contributed by atoms with Gasteiger partial charge in [-0.2, -0.15) is 66.7 Å². The van der Waals surface area contributed by atoms with Crippen molar-refractivity contribution in [3.05, 3.63) is 0 Å². The average molecular weight is 485 g/mol. The third-order valence-corrected chi connectivity index (χ3v) is 3.37. The Hall–Kier alpha value is -1.67. The fourth-order valence-corrected chi connectivity index (χ4v) is 1.58. The van der Waals surface area contributed by atoms with Crippen molar-refractivity contribution in [2.24, 2.45) is 0 Å². The molecule has 0 bridgehead atoms. The minimum Gasteiger partial charge on any atom is -0.374 e. The van der Waals surface area contributed by atoms with Gasteiger partial charge < -0.3 is 4.74 Å². The highest BCUT2D eigenvalue weighted by Crippen LogP contribution is 2.62. The third kappa shape index (κ3) is 3.96. The van der Waals surface area contributed by atoms with Crippen molar-refractivity contribution in [2.75, 3.05) is 13.2 Å². The summed E-state index contributed by atoms with van der Waals surface area (Å²) in [6.07, 6.45) is -6.71. The van der Waals surface area contributed by atoms with Gasteiger partial charge >= 0.3 is 47.9 Å². The molecule has 0 saturated carbocycles. The van der Waals surface area contributed by atoms with Gasteiger partial charge in [0.05, 0.1) is 19.1 Å². The van der Waals surface area contributed by atoms with E-state index in [1.54, 1.807) is 0 Å². The van der Waals surface area contributed by atoms with E-state index in [2.05, 4.69) is 4.74 Å². The Labute approximate surface area is 155 Å². The standard InChI is InChI=1S/C12H7F16NO/c13-5(14)7(17,18)9(21,22)11(25,26)12(27,28)10(23,24)8(19,20)6(15,16)4-30-3-1-2-29/h5H,1,3-4H2. The molecule has 2 nitrogen and oxygen atoms in total. The largest absolute Gasteiger partial charge is 0.384 e. The SMILES string of the molecule is N#CCCOCC(F)(F)C(F)(F)C(F)(F)C(F)(F)C(F)(F)C(F)(F)C(F)(F)C(F)F. The molecule has 0 aromatic carbocycles. The van der Waals surface area contributed by atoms with Crippen molar-refractivity contribution in [1.82, 2.24) is 0 Å². The van der Waals surface area contributed by atoms with Crippen LogP contribution in [0.1, 0.15) is 6.42 Å². The van der Waals surface area contributed by atoms with Crippen LogP contribution in [-0.4, -0.2) is 61.1 Å². The van der Waals surface area contributed by atoms with E-state index in [1.165, 1.54) is 6.07 Å². The first-order valence-electron chi connectivity index (χ1n) is 6.88. The van der Waals surface area contributed by atoms with Crippen molar-refractivity contribution in [1.29, 1.82) is 5.26 Å². The molecule has 18 heteroatoms. The molecule has 0 aliphatic heterocycles. The predicted octanol–water partition coefficient (Wildman–Crippen LogP) is 5.63. The van der Waals surface area contributed by atoms with Gasteiger partial charge in [0.2, 0.25) is 0 Å². The molecule has 0 unspecified atom stereocenters. The summed E-state index contributed by atoms with van der Waals surface area (Å²) >= 11 is 0. The molecule has 0 amide bonds. The van der Waals surface area contributed by atoms with Crippen LogP contribution >= 0.6 is 0 Å². The maximum absolute atomic E-state index is 13.3. The first kappa shape index (κ1) is 28.3. The lowest BCUT2D eigenvalue weighted by molar-refractivity contribution is -0.448. The van der Waals surface area contributed by atoms with E-state index in [1.807, 2.05) is 0 Å². The highest BCUT2D eigenvalue weighted by molar-refractivity contribution is 5.14. The van der Waals surface area contributed by atoms with Crippen LogP contribution < -0.4 is 0 Å². The number of nitriles is 1. The summed E-state index contributed by atoms with van der Waals surface area (Å²) in [7, 11) is 0. The fraction of sp³-hybridized carbons (Fsp3) is 0.917. The second-order valence-electron chi connectivity index (χ2n) is 5.46. The average Bonchev–Trinajstić information content (AvgIpc) is 2.57. The molecule has 178 valence electrons. The second kappa shape index (κ2) is 8.11. The number of ether oxygens (including phenoxy) is 1. The van der Waals surface area contributed by atoms with Crippen molar-refractivity contribution in [3.8, 4) is 6.07 Å². The van der Waals surface area contributed by atoms with Gasteiger partial charge in [-0.1, -0.05) is 0 Å². The van der Waals surface area contributed by atoms with Crippen molar-refractivity contribution >= 4 is 0 Å². The van der Waals surface area contributed by atoms with Crippen LogP contribution in [0.5, 0.6) is 0 Å². The Morgan fingerprint density at radius 3 is 1.37 bits per heavy atom. The van der Waals surface area contributed by atoms with Gasteiger partial charge in [-0.05, 0) is 0 Å². The molecule has 0 N–H and O–H groups in total. The minimum atomic E-state index is -8.42. The molecular weight excluding hydrogens is 478 g/mol. The topological polar surface area (TPSA) is 33.0 Å². The summed E-state index contributed by atoms with van der Waals surface area (Å²) in [4.78, 5) is 0. The lowest BCUT2D eigenvalue weighted by atomic mass is 9.89. The Morgan fingerprint density at radius 2 is 1.00 bits per heavy atom. The summed E-state index contributed by atoms with van der Waals surface area (Å²) in [5.74, 6) is -54.7. The zero-order valence-corrected chi connectivity index (χ0v) is 13.6. The Bertz CT molecular complexity index is 637. The molecule has 0 aliphatic carbocycles. The molecule has 0 aromatic heterocycles. The highest BCUT2D eigenvalue weighted by atomic mass is 19.4. The van der Waals surface area contributed by atoms with Crippen LogP contribution in [0.4, 0.5) is 70.2 Å². The molecule has 0 saturated heterocycles. The molecular formula is C12H7F16NO. The Balaban J connectivity index is 6.30. The molecule has 0 spiro atoms. The maximum Gasteiger partial charge on any atom is 0.384 e. The molecule has 0 aromatic rings. The summed E-state index contributed by atoms with van der Waals surface area (Å²) in [5.41, 5.74) is 0. The highest BCUT2D eigenvalue weighted by Gasteiger charge is 2.93. The Kier molecular flexibility index (Phi) is 7.66. The van der Waals surface area contributed by atoms with E-state index in [9.17, 15) is 70.2 Å². The van der Waals surface area contributed by atoms with E-state index in [0.717, 1.165) is 0 Å². The number of alkyl halides is 16. The second-order valence-corrected chi connectivity index (χ2v) is 5.46. The first-order valence-corrected chi connectivity index (χ1v) is 6.88. The molecule has 0 fully saturated rings. The maximum atomic E-state index is 13.3. The summed E-state index contributed by atoms with van der Waals surface area (Å²) in [5, 5.41) is 8.01. The van der Waals surface area contributed by atoms with Crippen molar-refractivity contribution < 1.29 is 75.0 Å². The van der Waals surface area contributed by atoms with E-state index in [-0.39, 0.29) is 0 Å². The van der Waals surface area contributed by atoms with E-state index < -0.39 is 67.5 Å². The molecule has 0 radical (unpaired) electrons. The lowest BCUT2D eigenvalue weighted by Gasteiger charge is -2.42. The third-order valence-electron chi connectivity index (χ3n) is 3.37. The number of nitrogens with zero attached hydrogens (tertiary/aromatic N) is 1. The van der Waals surface area contributed by atoms with Gasteiger partial charge in [0.25, 0.3) is 0 Å². The number of halogens is 16. The van der Waals surface area contributed by atoms with Gasteiger partial charge in [-0.15, -0.1) is 0 Å². The molecule has 0 atom stereocenters. The van der Waals surface area contributed by atoms with Crippen LogP contribution in [0.3, 0.4) is 0 Å². The van der Waals surface area contributed by atoms with Gasteiger partial charge in [-0.25, -0.2) is 8.78 Å². The monoisotopic (exact) mass is 485 g/mol. The predicted molar refractivity (Wildman–Crippen MR) is 61.7 cm³/mol. The van der Waals surface area contributed by atoms with Gasteiger partial charge in [0.15, 0.2) is 0 Å². The van der Waals surface area contributed by atoms with Crippen LogP contribution in [0, 0.1) is 11.3 Å². The van der Waals surface area contributed by atoms with E-state index in [0.29, 0.717) is 0 Å². The van der Waals surface area contributed by atoms with Gasteiger partial charge in [0, 0.05) is 0 Å². The van der Waals surface area contributed by atoms with Crippen molar-refractivity contribution in [2.45, 2.75) is 54.3 Å². The van der Waals surface area contributed by atoms with Crippen LogP contribution in [0.25, 0.3) is 0 Å². The Morgan fingerprint density at radius 1 is 0.633 bits per heavy atom. The first-order chi connectivity index (χ1) is 13.0. The lowest BCUT2D eigenvalue weighted by Crippen LogP contribution is -2.74. The van der Waals surface area contributed by atoms with Crippen LogP contribution in [0.15, 0.2) is 0 Å².